The molecule has 2 fully saturated rings. The number of benzene rings is 1. The van der Waals surface area contributed by atoms with Crippen molar-refractivity contribution in [1.29, 1.82) is 0 Å². The smallest absolute Gasteiger partial charge is 0.236 e. The number of rotatable bonds is 3. The molecule has 0 unspecified atom stereocenters. The summed E-state index contributed by atoms with van der Waals surface area (Å²) in [6.45, 7) is 5.71. The third-order valence-electron chi connectivity index (χ3n) is 4.07. The number of hydrogen-bond acceptors (Lipinski definition) is 4. The van der Waals surface area contributed by atoms with Crippen molar-refractivity contribution >= 4 is 16.1 Å². The summed E-state index contributed by atoms with van der Waals surface area (Å²) in [6, 6.07) is 9.39. The van der Waals surface area contributed by atoms with Crippen molar-refractivity contribution in [3.05, 3.63) is 41.3 Å². The van der Waals surface area contributed by atoms with Crippen LogP contribution in [0.5, 0.6) is 0 Å². The second-order valence-corrected chi connectivity index (χ2v) is 8.32. The van der Waals surface area contributed by atoms with Crippen LogP contribution in [0.15, 0.2) is 35.7 Å². The van der Waals surface area contributed by atoms with Gasteiger partial charge in [0.2, 0.25) is 10.0 Å². The van der Waals surface area contributed by atoms with Gasteiger partial charge in [0.15, 0.2) is 5.79 Å². The molecule has 6 heteroatoms. The molecule has 2 heterocycles. The average Bonchev–Trinajstić information content (AvgIpc) is 2.44. The fourth-order valence-electron chi connectivity index (χ4n) is 2.62. The second kappa shape index (κ2) is 5.45. The van der Waals surface area contributed by atoms with E-state index in [1.165, 1.54) is 9.71 Å². The van der Waals surface area contributed by atoms with Crippen molar-refractivity contribution in [2.75, 3.05) is 26.3 Å². The van der Waals surface area contributed by atoms with Gasteiger partial charge < -0.3 is 9.47 Å². The Morgan fingerprint density at radius 1 is 1.09 bits per heavy atom. The molecule has 2 aliphatic rings. The maximum Gasteiger partial charge on any atom is 0.236 e. The average molecular weight is 323 g/mol. The zero-order valence-corrected chi connectivity index (χ0v) is 13.7. The number of ether oxygens (including phenoxy) is 2. The van der Waals surface area contributed by atoms with E-state index in [1.54, 1.807) is 6.08 Å². The van der Waals surface area contributed by atoms with Crippen molar-refractivity contribution in [3.8, 4) is 0 Å². The first-order valence-electron chi connectivity index (χ1n) is 7.32. The first-order chi connectivity index (χ1) is 10.3. The molecule has 0 bridgehead atoms. The van der Waals surface area contributed by atoms with Gasteiger partial charge in [-0.2, -0.15) is 4.31 Å². The Morgan fingerprint density at radius 2 is 1.68 bits per heavy atom. The lowest BCUT2D eigenvalue weighted by Gasteiger charge is -2.52. The molecule has 0 N–H and O–H groups in total. The lowest BCUT2D eigenvalue weighted by atomic mass is 9.82. The van der Waals surface area contributed by atoms with Crippen LogP contribution in [0.1, 0.15) is 19.4 Å². The highest BCUT2D eigenvalue weighted by Gasteiger charge is 2.51. The predicted octanol–water partition coefficient (Wildman–Crippen LogP) is 2.07. The fraction of sp³-hybridized carbons (Fsp3) is 0.500. The molecule has 0 aliphatic carbocycles. The molecule has 0 radical (unpaired) electrons. The highest BCUT2D eigenvalue weighted by Crippen LogP contribution is 2.39. The van der Waals surface area contributed by atoms with Gasteiger partial charge in [0.25, 0.3) is 0 Å². The van der Waals surface area contributed by atoms with Gasteiger partial charge in [-0.3, -0.25) is 0 Å². The maximum absolute atomic E-state index is 12.3. The van der Waals surface area contributed by atoms with Gasteiger partial charge in [0, 0.05) is 23.9 Å². The summed E-state index contributed by atoms with van der Waals surface area (Å²) in [7, 11) is -3.38. The van der Waals surface area contributed by atoms with Gasteiger partial charge >= 0.3 is 0 Å². The summed E-state index contributed by atoms with van der Waals surface area (Å²) in [4.78, 5) is 0. The molecule has 2 aliphatic heterocycles. The predicted molar refractivity (Wildman–Crippen MR) is 84.4 cm³/mol. The molecule has 120 valence electrons. The monoisotopic (exact) mass is 323 g/mol. The zero-order chi connectivity index (χ0) is 15.8. The van der Waals surface area contributed by atoms with E-state index in [9.17, 15) is 8.42 Å². The van der Waals surface area contributed by atoms with Crippen molar-refractivity contribution in [2.45, 2.75) is 19.6 Å². The minimum Gasteiger partial charge on any atom is -0.350 e. The standard InChI is InChI=1S/C16H21NO4S/c1-15(2)20-12-16(13-21-15)10-17(11-16)22(18,19)9-8-14-6-4-3-5-7-14/h3-9H,10-13H2,1-2H3/b9-8+. The summed E-state index contributed by atoms with van der Waals surface area (Å²) in [6.07, 6.45) is 1.62. The van der Waals surface area contributed by atoms with Gasteiger partial charge in [-0.15, -0.1) is 0 Å². The van der Waals surface area contributed by atoms with E-state index in [-0.39, 0.29) is 5.41 Å². The van der Waals surface area contributed by atoms with E-state index in [0.717, 1.165) is 5.56 Å². The molecule has 0 aromatic heterocycles. The van der Waals surface area contributed by atoms with Gasteiger partial charge in [0.1, 0.15) is 0 Å². The van der Waals surface area contributed by atoms with E-state index < -0.39 is 15.8 Å². The number of hydrogen-bond donors (Lipinski definition) is 0. The van der Waals surface area contributed by atoms with Crippen molar-refractivity contribution < 1.29 is 17.9 Å². The summed E-state index contributed by atoms with van der Waals surface area (Å²) in [5.41, 5.74) is 0.677. The minimum atomic E-state index is -3.38. The summed E-state index contributed by atoms with van der Waals surface area (Å²) in [5, 5.41) is 1.27. The Hall–Kier alpha value is -1.21. The lowest BCUT2D eigenvalue weighted by Crippen LogP contribution is -2.65. The number of nitrogens with zero attached hydrogens (tertiary/aromatic N) is 1. The Balaban J connectivity index is 1.61. The summed E-state index contributed by atoms with van der Waals surface area (Å²) >= 11 is 0. The topological polar surface area (TPSA) is 55.8 Å². The molecular formula is C16H21NO4S. The second-order valence-electron chi connectivity index (χ2n) is 6.50. The van der Waals surface area contributed by atoms with E-state index in [1.807, 2.05) is 44.2 Å². The zero-order valence-electron chi connectivity index (χ0n) is 12.9. The van der Waals surface area contributed by atoms with Gasteiger partial charge in [-0.05, 0) is 25.5 Å². The third kappa shape index (κ3) is 3.25. The largest absolute Gasteiger partial charge is 0.350 e. The van der Waals surface area contributed by atoms with Crippen molar-refractivity contribution in [2.24, 2.45) is 5.41 Å². The fourth-order valence-corrected chi connectivity index (χ4v) is 4.03. The van der Waals surface area contributed by atoms with E-state index in [4.69, 9.17) is 9.47 Å². The normalized spacial score (nSPS) is 24.5. The van der Waals surface area contributed by atoms with E-state index in [0.29, 0.717) is 26.3 Å². The van der Waals surface area contributed by atoms with Gasteiger partial charge in [-0.1, -0.05) is 30.3 Å². The van der Waals surface area contributed by atoms with Crippen LogP contribution >= 0.6 is 0 Å². The van der Waals surface area contributed by atoms with Crippen LogP contribution in [0.3, 0.4) is 0 Å². The van der Waals surface area contributed by atoms with Gasteiger partial charge in [0.05, 0.1) is 13.2 Å². The maximum atomic E-state index is 12.3. The Bertz CT molecular complexity index is 649. The van der Waals surface area contributed by atoms with Crippen LogP contribution in [-0.4, -0.2) is 44.8 Å². The van der Waals surface area contributed by atoms with Crippen LogP contribution in [0.4, 0.5) is 0 Å². The molecule has 1 spiro atoms. The molecule has 0 atom stereocenters. The minimum absolute atomic E-state index is 0.191. The first-order valence-corrected chi connectivity index (χ1v) is 8.82. The molecule has 1 aromatic rings. The SMILES string of the molecule is CC1(C)OCC2(CO1)CN(S(=O)(=O)/C=C/c1ccccc1)C2. The molecule has 0 saturated carbocycles. The Labute approximate surface area is 131 Å². The van der Waals surface area contributed by atoms with Crippen LogP contribution < -0.4 is 0 Å². The molecular weight excluding hydrogens is 302 g/mol. The van der Waals surface area contributed by atoms with E-state index >= 15 is 0 Å². The third-order valence-corrected chi connectivity index (χ3v) is 5.53. The van der Waals surface area contributed by atoms with Crippen LogP contribution in [0.2, 0.25) is 0 Å². The van der Waals surface area contributed by atoms with Crippen molar-refractivity contribution in [1.82, 2.24) is 4.31 Å². The Morgan fingerprint density at radius 3 is 2.27 bits per heavy atom. The first kappa shape index (κ1) is 15.7. The highest BCUT2D eigenvalue weighted by molar-refractivity contribution is 7.92. The van der Waals surface area contributed by atoms with Crippen LogP contribution in [0, 0.1) is 5.41 Å². The van der Waals surface area contributed by atoms with Crippen LogP contribution in [-0.2, 0) is 19.5 Å². The van der Waals surface area contributed by atoms with E-state index in [2.05, 4.69) is 0 Å². The Kier molecular flexibility index (Phi) is 3.89. The molecule has 2 saturated heterocycles. The molecule has 0 amide bonds. The summed E-state index contributed by atoms with van der Waals surface area (Å²) < 4.78 is 37.4. The molecule has 5 nitrogen and oxygen atoms in total. The van der Waals surface area contributed by atoms with Crippen LogP contribution in [0.25, 0.3) is 6.08 Å². The number of sulfonamides is 1. The molecule has 1 aromatic carbocycles. The quantitative estimate of drug-likeness (QED) is 0.854. The molecule has 3 rings (SSSR count). The molecule has 22 heavy (non-hydrogen) atoms. The lowest BCUT2D eigenvalue weighted by molar-refractivity contribution is -0.299. The van der Waals surface area contributed by atoms with Gasteiger partial charge in [-0.25, -0.2) is 8.42 Å². The highest BCUT2D eigenvalue weighted by atomic mass is 32.2. The van der Waals surface area contributed by atoms with Crippen molar-refractivity contribution in [3.63, 3.8) is 0 Å². The summed E-state index contributed by atoms with van der Waals surface area (Å²) in [5.74, 6) is -0.572.